The molecule has 2 rings (SSSR count). The lowest BCUT2D eigenvalue weighted by molar-refractivity contribution is -0.114. The van der Waals surface area contributed by atoms with Gasteiger partial charge in [0.1, 0.15) is 0 Å². The summed E-state index contributed by atoms with van der Waals surface area (Å²) in [5, 5.41) is 7.31. The molecule has 4 nitrogen and oxygen atoms in total. The molecule has 16 heavy (non-hydrogen) atoms. The number of hydrogen-bond donors (Lipinski definition) is 2. The first-order valence-electron chi connectivity index (χ1n) is 4.92. The highest BCUT2D eigenvalue weighted by atomic mass is 32.1. The summed E-state index contributed by atoms with van der Waals surface area (Å²) in [4.78, 5) is 23.9. The SMILES string of the molecule is CC(=O)C1=C(C)NC(=O)N[C@H]1c1cccs1. The number of thiophene rings is 1. The molecule has 1 aliphatic rings. The van der Waals surface area contributed by atoms with Gasteiger partial charge in [-0.15, -0.1) is 11.3 Å². The number of rotatable bonds is 2. The lowest BCUT2D eigenvalue weighted by atomic mass is 9.98. The zero-order valence-electron chi connectivity index (χ0n) is 9.03. The minimum Gasteiger partial charge on any atom is -0.326 e. The summed E-state index contributed by atoms with van der Waals surface area (Å²) in [5.74, 6) is -0.0246. The summed E-state index contributed by atoms with van der Waals surface area (Å²) in [5.41, 5.74) is 1.26. The number of urea groups is 1. The molecule has 5 heteroatoms. The Morgan fingerprint density at radius 2 is 2.25 bits per heavy atom. The van der Waals surface area contributed by atoms with Crippen LogP contribution in [0.2, 0.25) is 0 Å². The van der Waals surface area contributed by atoms with E-state index in [1.54, 1.807) is 6.92 Å². The Morgan fingerprint density at radius 3 is 2.81 bits per heavy atom. The standard InChI is InChI=1S/C11H12N2O2S/c1-6-9(7(2)14)10(13-11(15)12-6)8-4-3-5-16-8/h3-5,10H,1-2H3,(H2,12,13,15)/t10-/m0/s1. The normalized spacial score (nSPS) is 20.4. The summed E-state index contributed by atoms with van der Waals surface area (Å²) in [6.07, 6.45) is 0. The molecule has 2 heterocycles. The molecule has 0 saturated carbocycles. The van der Waals surface area contributed by atoms with E-state index in [2.05, 4.69) is 10.6 Å². The first-order chi connectivity index (χ1) is 7.59. The van der Waals surface area contributed by atoms with Crippen LogP contribution in [-0.4, -0.2) is 11.8 Å². The van der Waals surface area contributed by atoms with Gasteiger partial charge in [-0.2, -0.15) is 0 Å². The minimum atomic E-state index is -0.314. The lowest BCUT2D eigenvalue weighted by Gasteiger charge is -2.26. The molecule has 2 amide bonds. The van der Waals surface area contributed by atoms with E-state index < -0.39 is 0 Å². The average molecular weight is 236 g/mol. The van der Waals surface area contributed by atoms with Crippen molar-refractivity contribution in [3.8, 4) is 0 Å². The van der Waals surface area contributed by atoms with Crippen LogP contribution < -0.4 is 10.6 Å². The number of ketones is 1. The lowest BCUT2D eigenvalue weighted by Crippen LogP contribution is -2.44. The molecule has 0 spiro atoms. The van der Waals surface area contributed by atoms with E-state index in [9.17, 15) is 9.59 Å². The highest BCUT2D eigenvalue weighted by Gasteiger charge is 2.29. The molecule has 1 atom stereocenters. The Balaban J connectivity index is 2.46. The van der Waals surface area contributed by atoms with Crippen molar-refractivity contribution in [1.29, 1.82) is 0 Å². The zero-order valence-corrected chi connectivity index (χ0v) is 9.85. The third-order valence-electron chi connectivity index (χ3n) is 2.48. The van der Waals surface area contributed by atoms with Crippen LogP contribution in [0.3, 0.4) is 0 Å². The molecule has 0 unspecified atom stereocenters. The second kappa shape index (κ2) is 4.09. The van der Waals surface area contributed by atoms with Gasteiger partial charge in [-0.1, -0.05) is 6.07 Å². The van der Waals surface area contributed by atoms with Crippen LogP contribution in [0, 0.1) is 0 Å². The molecule has 0 radical (unpaired) electrons. The van der Waals surface area contributed by atoms with E-state index in [4.69, 9.17) is 0 Å². The van der Waals surface area contributed by atoms with Crippen molar-refractivity contribution in [3.63, 3.8) is 0 Å². The Hall–Kier alpha value is -1.62. The van der Waals surface area contributed by atoms with Crippen molar-refractivity contribution in [2.24, 2.45) is 0 Å². The summed E-state index contributed by atoms with van der Waals surface area (Å²) in [7, 11) is 0. The van der Waals surface area contributed by atoms with E-state index in [0.29, 0.717) is 11.3 Å². The second-order valence-electron chi connectivity index (χ2n) is 3.64. The number of hydrogen-bond acceptors (Lipinski definition) is 3. The maximum Gasteiger partial charge on any atom is 0.319 e. The molecule has 0 aromatic carbocycles. The Labute approximate surface area is 97.4 Å². The van der Waals surface area contributed by atoms with Gasteiger partial charge < -0.3 is 10.6 Å². The fourth-order valence-electron chi connectivity index (χ4n) is 1.83. The molecule has 1 aromatic heterocycles. The van der Waals surface area contributed by atoms with Gasteiger partial charge in [0.2, 0.25) is 0 Å². The predicted octanol–water partition coefficient (Wildman–Crippen LogP) is 1.96. The highest BCUT2D eigenvalue weighted by molar-refractivity contribution is 7.10. The number of nitrogens with one attached hydrogen (secondary N) is 2. The molecule has 0 fully saturated rings. The minimum absolute atomic E-state index is 0.0246. The molecule has 0 saturated heterocycles. The molecular formula is C11H12N2O2S. The smallest absolute Gasteiger partial charge is 0.319 e. The molecule has 1 aromatic rings. The van der Waals surface area contributed by atoms with Gasteiger partial charge in [0.05, 0.1) is 6.04 Å². The summed E-state index contributed by atoms with van der Waals surface area (Å²) >= 11 is 1.53. The van der Waals surface area contributed by atoms with Gasteiger partial charge in [0.15, 0.2) is 5.78 Å². The largest absolute Gasteiger partial charge is 0.326 e. The van der Waals surface area contributed by atoms with Crippen molar-refractivity contribution >= 4 is 23.2 Å². The number of Topliss-reactive ketones (excluding diaryl/α,β-unsaturated/α-hetero) is 1. The summed E-state index contributed by atoms with van der Waals surface area (Å²) < 4.78 is 0. The molecule has 0 aliphatic carbocycles. The molecule has 0 bridgehead atoms. The fourth-order valence-corrected chi connectivity index (χ4v) is 2.61. The van der Waals surface area contributed by atoms with Crippen LogP contribution in [0.5, 0.6) is 0 Å². The van der Waals surface area contributed by atoms with E-state index in [-0.39, 0.29) is 17.9 Å². The number of amides is 2. The number of carbonyl (C=O) groups excluding carboxylic acids is 2. The topological polar surface area (TPSA) is 58.2 Å². The van der Waals surface area contributed by atoms with Gasteiger partial charge in [0.25, 0.3) is 0 Å². The molecule has 84 valence electrons. The number of carbonyl (C=O) groups is 2. The first kappa shape index (κ1) is 10.9. The number of allylic oxidation sites excluding steroid dienone is 1. The first-order valence-corrected chi connectivity index (χ1v) is 5.80. The van der Waals surface area contributed by atoms with Crippen molar-refractivity contribution in [3.05, 3.63) is 33.7 Å². The van der Waals surface area contributed by atoms with Crippen molar-refractivity contribution in [1.82, 2.24) is 10.6 Å². The monoisotopic (exact) mass is 236 g/mol. The van der Waals surface area contributed by atoms with Gasteiger partial charge >= 0.3 is 6.03 Å². The Kier molecular flexibility index (Phi) is 2.78. The molecule has 2 N–H and O–H groups in total. The summed E-state index contributed by atoms with van der Waals surface area (Å²) in [6.45, 7) is 3.26. The highest BCUT2D eigenvalue weighted by Crippen LogP contribution is 2.29. The van der Waals surface area contributed by atoms with E-state index >= 15 is 0 Å². The van der Waals surface area contributed by atoms with Crippen LogP contribution in [0.15, 0.2) is 28.8 Å². The fraction of sp³-hybridized carbons (Fsp3) is 0.273. The van der Waals surface area contributed by atoms with Crippen LogP contribution in [0.4, 0.5) is 4.79 Å². The van der Waals surface area contributed by atoms with Crippen molar-refractivity contribution in [2.45, 2.75) is 19.9 Å². The zero-order chi connectivity index (χ0) is 11.7. The van der Waals surface area contributed by atoms with Gasteiger partial charge in [-0.3, -0.25) is 4.79 Å². The van der Waals surface area contributed by atoms with Crippen molar-refractivity contribution in [2.75, 3.05) is 0 Å². The Morgan fingerprint density at radius 1 is 1.50 bits per heavy atom. The van der Waals surface area contributed by atoms with E-state index in [0.717, 1.165) is 4.88 Å². The quantitative estimate of drug-likeness (QED) is 0.824. The summed E-state index contributed by atoms with van der Waals surface area (Å²) in [6, 6.07) is 3.24. The molecular weight excluding hydrogens is 224 g/mol. The van der Waals surface area contributed by atoms with Crippen LogP contribution >= 0.6 is 11.3 Å². The van der Waals surface area contributed by atoms with E-state index in [1.165, 1.54) is 18.3 Å². The van der Waals surface area contributed by atoms with E-state index in [1.807, 2.05) is 17.5 Å². The second-order valence-corrected chi connectivity index (χ2v) is 4.62. The van der Waals surface area contributed by atoms with Gasteiger partial charge in [-0.25, -0.2) is 4.79 Å². The van der Waals surface area contributed by atoms with Crippen LogP contribution in [0.25, 0.3) is 0 Å². The Bertz CT molecular complexity index is 462. The maximum absolute atomic E-state index is 11.6. The van der Waals surface area contributed by atoms with Gasteiger partial charge in [-0.05, 0) is 25.3 Å². The van der Waals surface area contributed by atoms with Gasteiger partial charge in [0, 0.05) is 16.1 Å². The maximum atomic E-state index is 11.6. The molecule has 1 aliphatic heterocycles. The average Bonchev–Trinajstić information content (AvgIpc) is 2.67. The third-order valence-corrected chi connectivity index (χ3v) is 3.41. The third kappa shape index (κ3) is 1.86. The van der Waals surface area contributed by atoms with Crippen LogP contribution in [0.1, 0.15) is 24.8 Å². The van der Waals surface area contributed by atoms with Crippen molar-refractivity contribution < 1.29 is 9.59 Å². The van der Waals surface area contributed by atoms with Crippen LogP contribution in [-0.2, 0) is 4.79 Å². The predicted molar refractivity (Wildman–Crippen MR) is 62.1 cm³/mol.